The van der Waals surface area contributed by atoms with Crippen molar-refractivity contribution in [3.8, 4) is 0 Å². The number of carbonyl (C=O) groups excluding carboxylic acids is 1. The topological polar surface area (TPSA) is 34.1 Å². The fraction of sp³-hybridized carbons (Fsp3) is 0.188. The van der Waals surface area contributed by atoms with Gasteiger partial charge in [-0.2, -0.15) is 0 Å². The Morgan fingerprint density at radius 3 is 2.05 bits per heavy atom. The molecule has 0 amide bonds. The predicted molar refractivity (Wildman–Crippen MR) is 96.7 cm³/mol. The summed E-state index contributed by atoms with van der Waals surface area (Å²) >= 11 is 0. The second-order valence-electron chi connectivity index (χ2n) is 5.15. The Balaban J connectivity index is 2.60. The summed E-state index contributed by atoms with van der Waals surface area (Å²) in [4.78, 5) is 13.0. The van der Waals surface area contributed by atoms with Gasteiger partial charge < -0.3 is 4.57 Å². The molecule has 0 aliphatic carbocycles. The third-order valence-corrected chi connectivity index (χ3v) is 11.4. The summed E-state index contributed by atoms with van der Waals surface area (Å²) in [5.41, 5.74) is 3.30. The lowest BCUT2D eigenvalue weighted by Gasteiger charge is -2.18. The smallest absolute Gasteiger partial charge is 0.230 e. The van der Waals surface area contributed by atoms with Crippen LogP contribution >= 0.6 is 23.7 Å². The molecule has 2 aromatic carbocycles. The second-order valence-corrected chi connectivity index (χ2v) is 12.5. The van der Waals surface area contributed by atoms with Gasteiger partial charge in [0.1, 0.15) is 0 Å². The minimum atomic E-state index is -3.08. The van der Waals surface area contributed by atoms with E-state index in [0.29, 0.717) is 10.9 Å². The molecule has 2 rings (SSSR count). The van der Waals surface area contributed by atoms with Crippen molar-refractivity contribution in [2.45, 2.75) is 20.8 Å². The van der Waals surface area contributed by atoms with Crippen LogP contribution in [-0.4, -0.2) is 5.52 Å². The number of benzene rings is 2. The number of rotatable bonds is 4. The average molecular weight is 336 g/mol. The molecule has 0 aliphatic rings. The molecule has 0 heterocycles. The highest BCUT2D eigenvalue weighted by atomic mass is 32.4. The fourth-order valence-electron chi connectivity index (χ4n) is 2.56. The highest BCUT2D eigenvalue weighted by molar-refractivity contribution is 8.54. The summed E-state index contributed by atoms with van der Waals surface area (Å²) in [5, 5.41) is 0.641. The third kappa shape index (κ3) is 3.19. The first-order valence-corrected chi connectivity index (χ1v) is 12.0. The van der Waals surface area contributed by atoms with E-state index >= 15 is 0 Å². The minimum absolute atomic E-state index is 0.00222. The SMILES string of the molecule is Cc1cc(C)c(C(=O)P(=O)(PP)c2ccccc2)c(C)c1. The molecule has 0 aliphatic heterocycles. The van der Waals surface area contributed by atoms with Crippen LogP contribution in [0.2, 0.25) is 0 Å². The third-order valence-electron chi connectivity index (χ3n) is 3.48. The van der Waals surface area contributed by atoms with E-state index in [1.165, 1.54) is 0 Å². The van der Waals surface area contributed by atoms with E-state index in [0.717, 1.165) is 16.7 Å². The van der Waals surface area contributed by atoms with Crippen molar-refractivity contribution < 1.29 is 9.36 Å². The van der Waals surface area contributed by atoms with Crippen LogP contribution in [0.1, 0.15) is 27.0 Å². The second kappa shape index (κ2) is 6.53. The lowest BCUT2D eigenvalue weighted by molar-refractivity contribution is 0.107. The van der Waals surface area contributed by atoms with Crippen LogP contribution in [0.3, 0.4) is 0 Å². The molecule has 2 aromatic rings. The van der Waals surface area contributed by atoms with E-state index in [2.05, 4.69) is 8.93 Å². The standard InChI is InChI=1S/C16H19O2P3/c1-11-9-12(2)15(13(3)10-11)16(17)21(18,20-19)14-7-5-4-6-8-14/h4-10,20H,19H2,1-3H3. The van der Waals surface area contributed by atoms with Crippen molar-refractivity contribution in [3.05, 3.63) is 64.7 Å². The van der Waals surface area contributed by atoms with Crippen LogP contribution in [0, 0.1) is 20.8 Å². The first-order valence-electron chi connectivity index (χ1n) is 6.66. The van der Waals surface area contributed by atoms with Crippen LogP contribution in [0.15, 0.2) is 42.5 Å². The lowest BCUT2D eigenvalue weighted by Crippen LogP contribution is -2.12. The minimum Gasteiger partial charge on any atom is -0.306 e. The van der Waals surface area contributed by atoms with Gasteiger partial charge in [-0.3, -0.25) is 4.79 Å². The molecule has 110 valence electrons. The van der Waals surface area contributed by atoms with E-state index in [1.807, 2.05) is 51.1 Å². The molecule has 3 unspecified atom stereocenters. The Kier molecular flexibility index (Phi) is 5.15. The van der Waals surface area contributed by atoms with Crippen molar-refractivity contribution in [1.29, 1.82) is 0 Å². The van der Waals surface area contributed by atoms with Crippen LogP contribution < -0.4 is 5.30 Å². The summed E-state index contributed by atoms with van der Waals surface area (Å²) in [7, 11) is 2.50. The molecule has 0 radical (unpaired) electrons. The highest BCUT2D eigenvalue weighted by Gasteiger charge is 2.34. The van der Waals surface area contributed by atoms with E-state index in [4.69, 9.17) is 0 Å². The maximum absolute atomic E-state index is 13.3. The van der Waals surface area contributed by atoms with E-state index in [9.17, 15) is 9.36 Å². The quantitative estimate of drug-likeness (QED) is 0.750. The van der Waals surface area contributed by atoms with Gasteiger partial charge in [-0.05, 0) is 39.9 Å². The maximum atomic E-state index is 13.3. The molecule has 21 heavy (non-hydrogen) atoms. The molecule has 0 saturated carbocycles. The normalized spacial score (nSPS) is 14.3. The number of hydrogen-bond donors (Lipinski definition) is 0. The summed E-state index contributed by atoms with van der Waals surface area (Å²) in [6.07, 6.45) is 0. The van der Waals surface area contributed by atoms with E-state index in [-0.39, 0.29) is 13.5 Å². The van der Waals surface area contributed by atoms with E-state index < -0.39 is 6.83 Å². The van der Waals surface area contributed by atoms with Crippen molar-refractivity contribution >= 4 is 34.5 Å². The highest BCUT2D eigenvalue weighted by Crippen LogP contribution is 2.68. The van der Waals surface area contributed by atoms with Gasteiger partial charge in [0.05, 0.1) is 0 Å². The molecule has 0 bridgehead atoms. The van der Waals surface area contributed by atoms with Crippen molar-refractivity contribution in [3.63, 3.8) is 0 Å². The molecule has 0 aromatic heterocycles. The molecular formula is C16H19O2P3. The number of hydrogen-bond acceptors (Lipinski definition) is 2. The zero-order valence-electron chi connectivity index (χ0n) is 12.4. The van der Waals surface area contributed by atoms with Gasteiger partial charge in [0, 0.05) is 10.9 Å². The molecule has 2 nitrogen and oxygen atoms in total. The molecular weight excluding hydrogens is 317 g/mol. The van der Waals surface area contributed by atoms with E-state index in [1.54, 1.807) is 12.1 Å². The molecule has 3 atom stereocenters. The van der Waals surface area contributed by atoms with Crippen LogP contribution in [0.4, 0.5) is 0 Å². The zero-order chi connectivity index (χ0) is 15.6. The Morgan fingerprint density at radius 2 is 1.57 bits per heavy atom. The summed E-state index contributed by atoms with van der Waals surface area (Å²) < 4.78 is 13.3. The first-order chi connectivity index (χ1) is 9.90. The van der Waals surface area contributed by atoms with Crippen molar-refractivity contribution in [1.82, 2.24) is 0 Å². The zero-order valence-corrected chi connectivity index (χ0v) is 15.4. The van der Waals surface area contributed by atoms with Gasteiger partial charge in [-0.1, -0.05) is 48.0 Å². The average Bonchev–Trinajstić information content (AvgIpc) is 2.46. The molecule has 5 heteroatoms. The molecule has 0 spiro atoms. The van der Waals surface area contributed by atoms with Crippen LogP contribution in [-0.2, 0) is 4.57 Å². The number of carbonyl (C=O) groups is 1. The van der Waals surface area contributed by atoms with Gasteiger partial charge >= 0.3 is 0 Å². The van der Waals surface area contributed by atoms with Crippen LogP contribution in [0.5, 0.6) is 0 Å². The summed E-state index contributed by atoms with van der Waals surface area (Å²) in [6, 6.07) is 13.0. The first kappa shape index (κ1) is 16.6. The summed E-state index contributed by atoms with van der Waals surface area (Å²) in [5.74, 6) is 0. The van der Waals surface area contributed by atoms with Gasteiger partial charge in [-0.25, -0.2) is 0 Å². The van der Waals surface area contributed by atoms with Gasteiger partial charge in [-0.15, -0.1) is 8.93 Å². The fourth-order valence-corrected chi connectivity index (χ4v) is 8.30. The Morgan fingerprint density at radius 1 is 1.05 bits per heavy atom. The van der Waals surface area contributed by atoms with Gasteiger partial charge in [0.15, 0.2) is 0 Å². The Bertz CT molecular complexity index is 701. The van der Waals surface area contributed by atoms with Crippen molar-refractivity contribution in [2.24, 2.45) is 0 Å². The maximum Gasteiger partial charge on any atom is 0.230 e. The molecule has 0 fully saturated rings. The van der Waals surface area contributed by atoms with Gasteiger partial charge in [0.2, 0.25) is 12.4 Å². The predicted octanol–water partition coefficient (Wildman–Crippen LogP) is 4.82. The monoisotopic (exact) mass is 336 g/mol. The Labute approximate surface area is 129 Å². The summed E-state index contributed by atoms with van der Waals surface area (Å²) in [6.45, 7) is 2.74. The van der Waals surface area contributed by atoms with Gasteiger partial charge in [0.25, 0.3) is 0 Å². The number of aryl methyl sites for hydroxylation is 3. The molecule has 0 saturated heterocycles. The van der Waals surface area contributed by atoms with Crippen molar-refractivity contribution in [2.75, 3.05) is 0 Å². The lowest BCUT2D eigenvalue weighted by atomic mass is 10.0. The Hall–Kier alpha value is -0.800. The largest absolute Gasteiger partial charge is 0.306 e. The van der Waals surface area contributed by atoms with Crippen LogP contribution in [0.25, 0.3) is 0 Å². The molecule has 0 N–H and O–H groups in total.